The predicted octanol–water partition coefficient (Wildman–Crippen LogP) is 5.13. The summed E-state index contributed by atoms with van der Waals surface area (Å²) in [6, 6.07) is 18.3. The van der Waals surface area contributed by atoms with Gasteiger partial charge >= 0.3 is 0 Å². The first-order valence-corrected chi connectivity index (χ1v) is 6.83. The Labute approximate surface area is 123 Å². The van der Waals surface area contributed by atoms with Crippen molar-refractivity contribution in [2.24, 2.45) is 0 Å². The summed E-state index contributed by atoms with van der Waals surface area (Å²) < 4.78 is 0. The van der Waals surface area contributed by atoms with Crippen molar-refractivity contribution < 1.29 is 0 Å². The molecule has 0 aliphatic carbocycles. The van der Waals surface area contributed by atoms with Crippen LogP contribution in [0.4, 0.5) is 17.1 Å². The molecule has 3 aromatic carbocycles. The summed E-state index contributed by atoms with van der Waals surface area (Å²) in [5, 5.41) is 6.39. The second kappa shape index (κ2) is 5.06. The minimum Gasteiger partial charge on any atom is -0.398 e. The Bertz CT molecular complexity index is 781. The second-order valence-corrected chi connectivity index (χ2v) is 5.28. The van der Waals surface area contributed by atoms with Crippen LogP contribution in [0.1, 0.15) is 5.56 Å². The van der Waals surface area contributed by atoms with Gasteiger partial charge in [-0.15, -0.1) is 0 Å². The summed E-state index contributed by atoms with van der Waals surface area (Å²) in [4.78, 5) is 0. The van der Waals surface area contributed by atoms with Crippen LogP contribution in [0.3, 0.4) is 0 Å². The zero-order valence-electron chi connectivity index (χ0n) is 11.2. The van der Waals surface area contributed by atoms with E-state index in [4.69, 9.17) is 17.3 Å². The van der Waals surface area contributed by atoms with Crippen LogP contribution in [0.2, 0.25) is 5.02 Å². The van der Waals surface area contributed by atoms with E-state index in [2.05, 4.69) is 35.6 Å². The van der Waals surface area contributed by atoms with Crippen LogP contribution in [0.5, 0.6) is 0 Å². The molecule has 0 heterocycles. The van der Waals surface area contributed by atoms with Gasteiger partial charge in [-0.2, -0.15) is 0 Å². The first-order chi connectivity index (χ1) is 9.63. The number of aryl methyl sites for hydroxylation is 1. The van der Waals surface area contributed by atoms with E-state index in [1.165, 1.54) is 10.8 Å². The topological polar surface area (TPSA) is 38.0 Å². The van der Waals surface area contributed by atoms with Gasteiger partial charge in [-0.05, 0) is 47.5 Å². The van der Waals surface area contributed by atoms with Crippen molar-refractivity contribution in [3.8, 4) is 0 Å². The SMILES string of the molecule is Cc1cc(N)c(Cl)cc1Nc1ccc2ccccc2c1. The molecule has 20 heavy (non-hydrogen) atoms. The number of fused-ring (bicyclic) bond motifs is 1. The summed E-state index contributed by atoms with van der Waals surface area (Å²) in [6.07, 6.45) is 0. The van der Waals surface area contributed by atoms with Crippen molar-refractivity contribution in [2.75, 3.05) is 11.1 Å². The molecule has 0 saturated carbocycles. The van der Waals surface area contributed by atoms with E-state index < -0.39 is 0 Å². The Balaban J connectivity index is 1.99. The van der Waals surface area contributed by atoms with Gasteiger partial charge in [-0.25, -0.2) is 0 Å². The number of nitrogens with two attached hydrogens (primary N) is 1. The van der Waals surface area contributed by atoms with Crippen molar-refractivity contribution in [1.29, 1.82) is 0 Å². The Hall–Kier alpha value is -2.19. The van der Waals surface area contributed by atoms with Crippen LogP contribution in [0, 0.1) is 6.92 Å². The number of nitrogens with one attached hydrogen (secondary N) is 1. The molecule has 0 saturated heterocycles. The molecule has 3 heteroatoms. The zero-order chi connectivity index (χ0) is 14.1. The molecule has 2 nitrogen and oxygen atoms in total. The molecule has 3 rings (SSSR count). The number of hydrogen-bond acceptors (Lipinski definition) is 2. The minimum atomic E-state index is 0.568. The average molecular weight is 283 g/mol. The molecule has 3 N–H and O–H groups in total. The van der Waals surface area contributed by atoms with E-state index in [0.29, 0.717) is 10.7 Å². The summed E-state index contributed by atoms with van der Waals surface area (Å²) in [7, 11) is 0. The fourth-order valence-electron chi connectivity index (χ4n) is 2.26. The first kappa shape index (κ1) is 12.8. The van der Waals surface area contributed by atoms with Gasteiger partial charge in [-0.1, -0.05) is 41.9 Å². The van der Waals surface area contributed by atoms with Gasteiger partial charge in [0.05, 0.1) is 10.7 Å². The van der Waals surface area contributed by atoms with Crippen LogP contribution >= 0.6 is 11.6 Å². The lowest BCUT2D eigenvalue weighted by Crippen LogP contribution is -1.96. The van der Waals surface area contributed by atoms with Gasteiger partial charge < -0.3 is 11.1 Å². The molecule has 0 unspecified atom stereocenters. The summed E-state index contributed by atoms with van der Waals surface area (Å²) in [5.74, 6) is 0. The number of hydrogen-bond donors (Lipinski definition) is 2. The van der Waals surface area contributed by atoms with Crippen LogP contribution in [0.25, 0.3) is 10.8 Å². The Morgan fingerprint density at radius 3 is 2.50 bits per heavy atom. The molecule has 0 bridgehead atoms. The summed E-state index contributed by atoms with van der Waals surface area (Å²) in [5.41, 5.74) is 9.48. The number of nitrogen functional groups attached to an aromatic ring is 1. The van der Waals surface area contributed by atoms with Crippen LogP contribution in [0.15, 0.2) is 54.6 Å². The van der Waals surface area contributed by atoms with Crippen molar-refractivity contribution in [3.05, 3.63) is 65.2 Å². The van der Waals surface area contributed by atoms with Gasteiger partial charge in [0, 0.05) is 11.4 Å². The van der Waals surface area contributed by atoms with Gasteiger partial charge in [0.15, 0.2) is 0 Å². The maximum Gasteiger partial charge on any atom is 0.0656 e. The first-order valence-electron chi connectivity index (χ1n) is 6.45. The predicted molar refractivity (Wildman–Crippen MR) is 87.8 cm³/mol. The largest absolute Gasteiger partial charge is 0.398 e. The molecular weight excluding hydrogens is 268 g/mol. The van der Waals surface area contributed by atoms with Gasteiger partial charge in [0.2, 0.25) is 0 Å². The molecule has 0 amide bonds. The molecule has 0 radical (unpaired) electrons. The lowest BCUT2D eigenvalue weighted by atomic mass is 10.1. The van der Waals surface area contributed by atoms with Crippen molar-refractivity contribution in [1.82, 2.24) is 0 Å². The molecule has 100 valence electrons. The lowest BCUT2D eigenvalue weighted by Gasteiger charge is -2.12. The molecule has 0 aliphatic rings. The molecule has 0 aliphatic heterocycles. The minimum absolute atomic E-state index is 0.568. The molecule has 0 fully saturated rings. The third kappa shape index (κ3) is 2.43. The number of anilines is 3. The van der Waals surface area contributed by atoms with E-state index >= 15 is 0 Å². The Kier molecular flexibility index (Phi) is 3.25. The number of halogens is 1. The van der Waals surface area contributed by atoms with Crippen molar-refractivity contribution in [3.63, 3.8) is 0 Å². The highest BCUT2D eigenvalue weighted by molar-refractivity contribution is 6.33. The Morgan fingerprint density at radius 1 is 0.950 bits per heavy atom. The highest BCUT2D eigenvalue weighted by atomic mass is 35.5. The summed E-state index contributed by atoms with van der Waals surface area (Å²) >= 11 is 6.08. The third-order valence-corrected chi connectivity index (χ3v) is 3.70. The molecular formula is C17H15ClN2. The highest BCUT2D eigenvalue weighted by Gasteiger charge is 2.04. The normalized spacial score (nSPS) is 10.7. The Morgan fingerprint density at radius 2 is 1.70 bits per heavy atom. The molecule has 3 aromatic rings. The summed E-state index contributed by atoms with van der Waals surface area (Å²) in [6.45, 7) is 2.01. The van der Waals surface area contributed by atoms with E-state index in [-0.39, 0.29) is 0 Å². The molecule has 0 aromatic heterocycles. The van der Waals surface area contributed by atoms with E-state index in [1.54, 1.807) is 0 Å². The van der Waals surface area contributed by atoms with Gasteiger partial charge in [0.25, 0.3) is 0 Å². The lowest BCUT2D eigenvalue weighted by molar-refractivity contribution is 1.43. The smallest absolute Gasteiger partial charge is 0.0656 e. The second-order valence-electron chi connectivity index (χ2n) is 4.88. The van der Waals surface area contributed by atoms with E-state index in [0.717, 1.165) is 16.9 Å². The third-order valence-electron chi connectivity index (χ3n) is 3.37. The van der Waals surface area contributed by atoms with Crippen LogP contribution < -0.4 is 11.1 Å². The van der Waals surface area contributed by atoms with E-state index in [9.17, 15) is 0 Å². The van der Waals surface area contributed by atoms with E-state index in [1.807, 2.05) is 31.2 Å². The zero-order valence-corrected chi connectivity index (χ0v) is 11.9. The quantitative estimate of drug-likeness (QED) is 0.640. The fraction of sp³-hybridized carbons (Fsp3) is 0.0588. The maximum atomic E-state index is 6.08. The number of rotatable bonds is 2. The standard InChI is InChI=1S/C17H15ClN2/c1-11-8-16(19)15(18)10-17(11)20-14-7-6-12-4-2-3-5-13(12)9-14/h2-10,20H,19H2,1H3. The van der Waals surface area contributed by atoms with Gasteiger partial charge in [-0.3, -0.25) is 0 Å². The average Bonchev–Trinajstić information content (AvgIpc) is 2.44. The van der Waals surface area contributed by atoms with Gasteiger partial charge in [0.1, 0.15) is 0 Å². The monoisotopic (exact) mass is 282 g/mol. The maximum absolute atomic E-state index is 6.08. The fourth-order valence-corrected chi connectivity index (χ4v) is 2.42. The van der Waals surface area contributed by atoms with Crippen molar-refractivity contribution >= 4 is 39.4 Å². The number of benzene rings is 3. The molecule has 0 spiro atoms. The van der Waals surface area contributed by atoms with Crippen LogP contribution in [-0.2, 0) is 0 Å². The van der Waals surface area contributed by atoms with Crippen LogP contribution in [-0.4, -0.2) is 0 Å². The molecule has 0 atom stereocenters. The highest BCUT2D eigenvalue weighted by Crippen LogP contribution is 2.30. The van der Waals surface area contributed by atoms with Crippen molar-refractivity contribution in [2.45, 2.75) is 6.92 Å².